The van der Waals surface area contributed by atoms with Gasteiger partial charge in [-0.15, -0.1) is 0 Å². The van der Waals surface area contributed by atoms with Crippen LogP contribution in [0.2, 0.25) is 0 Å². The van der Waals surface area contributed by atoms with Gasteiger partial charge < -0.3 is 15.4 Å². The monoisotopic (exact) mass is 306 g/mol. The number of rotatable bonds is 7. The molecule has 0 heterocycles. The van der Waals surface area contributed by atoms with E-state index in [1.54, 1.807) is 0 Å². The predicted molar refractivity (Wildman–Crippen MR) is 90.6 cm³/mol. The first-order chi connectivity index (χ1) is 10.0. The number of anilines is 1. The zero-order valence-corrected chi connectivity index (χ0v) is 13.4. The molecule has 114 valence electrons. The minimum Gasteiger partial charge on any atom is -0.489 e. The molecule has 4 nitrogen and oxygen atoms in total. The molecule has 0 unspecified atom stereocenters. The lowest BCUT2D eigenvalue weighted by Crippen LogP contribution is -2.33. The highest BCUT2D eigenvalue weighted by atomic mass is 32.1. The number of ether oxygens (including phenoxy) is 1. The second kappa shape index (κ2) is 9.13. The highest BCUT2D eigenvalue weighted by Crippen LogP contribution is 2.16. The van der Waals surface area contributed by atoms with E-state index in [-0.39, 0.29) is 5.91 Å². The van der Waals surface area contributed by atoms with Crippen molar-refractivity contribution in [2.45, 2.75) is 33.1 Å². The number of hydrogen-bond donors (Lipinski definition) is 2. The summed E-state index contributed by atoms with van der Waals surface area (Å²) in [4.78, 5) is 11.5. The van der Waals surface area contributed by atoms with E-state index < -0.39 is 0 Å². The van der Waals surface area contributed by atoms with E-state index in [2.05, 4.69) is 17.2 Å². The molecule has 1 rings (SSSR count). The van der Waals surface area contributed by atoms with Gasteiger partial charge in [-0.25, -0.2) is 0 Å². The second-order valence-electron chi connectivity index (χ2n) is 4.88. The highest BCUT2D eigenvalue weighted by Gasteiger charge is 2.04. The number of unbranched alkanes of at least 4 members (excludes halogenated alkanes) is 1. The molecule has 0 aliphatic rings. The summed E-state index contributed by atoms with van der Waals surface area (Å²) in [6.07, 6.45) is 2.34. The lowest BCUT2D eigenvalue weighted by molar-refractivity contribution is -0.119. The highest BCUT2D eigenvalue weighted by molar-refractivity contribution is 7.80. The van der Waals surface area contributed by atoms with E-state index >= 15 is 0 Å². The van der Waals surface area contributed by atoms with E-state index in [1.165, 1.54) is 0 Å². The van der Waals surface area contributed by atoms with Crippen molar-refractivity contribution in [3.63, 3.8) is 0 Å². The molecule has 5 heteroatoms. The molecule has 0 spiro atoms. The minimum absolute atomic E-state index is 0.0595. The Labute approximate surface area is 131 Å². The zero-order chi connectivity index (χ0) is 15.7. The molecule has 0 radical (unpaired) electrons. The number of carbonyl (C=O) groups excluding carboxylic acids is 1. The lowest BCUT2D eigenvalue weighted by atomic mass is 10.2. The number of amides is 1. The van der Waals surface area contributed by atoms with Gasteiger partial charge in [0.05, 0.1) is 0 Å². The average Bonchev–Trinajstić information content (AvgIpc) is 2.44. The first-order valence-electron chi connectivity index (χ1n) is 6.99. The Morgan fingerprint density at radius 2 is 2.00 bits per heavy atom. The molecule has 0 fully saturated rings. The maximum Gasteiger partial charge on any atom is 0.226 e. The van der Waals surface area contributed by atoms with Crippen LogP contribution in [0, 0.1) is 0 Å². The van der Waals surface area contributed by atoms with Crippen LogP contribution in [0.1, 0.15) is 33.1 Å². The van der Waals surface area contributed by atoms with Gasteiger partial charge in [0, 0.05) is 12.1 Å². The first kappa shape index (κ1) is 17.2. The largest absolute Gasteiger partial charge is 0.489 e. The van der Waals surface area contributed by atoms with E-state index in [9.17, 15) is 4.79 Å². The minimum atomic E-state index is -0.0595. The summed E-state index contributed by atoms with van der Waals surface area (Å²) in [6, 6.07) is 7.37. The fraction of sp³-hybridized carbons (Fsp3) is 0.375. The van der Waals surface area contributed by atoms with Crippen LogP contribution in [-0.2, 0) is 4.79 Å². The molecule has 21 heavy (non-hydrogen) atoms. The topological polar surface area (TPSA) is 50.4 Å². The number of thiocarbonyl (C=S) groups is 1. The van der Waals surface area contributed by atoms with Crippen molar-refractivity contribution in [3.8, 4) is 5.75 Å². The van der Waals surface area contributed by atoms with Gasteiger partial charge in [0.25, 0.3) is 0 Å². The Morgan fingerprint density at radius 3 is 2.57 bits per heavy atom. The van der Waals surface area contributed by atoms with E-state index in [1.807, 2.05) is 38.1 Å². The molecule has 2 N–H and O–H groups in total. The molecular weight excluding hydrogens is 284 g/mol. The van der Waals surface area contributed by atoms with Crippen molar-refractivity contribution in [2.24, 2.45) is 0 Å². The van der Waals surface area contributed by atoms with Crippen LogP contribution in [0.4, 0.5) is 5.69 Å². The van der Waals surface area contributed by atoms with E-state index in [4.69, 9.17) is 17.0 Å². The number of nitrogens with one attached hydrogen (secondary N) is 2. The fourth-order valence-corrected chi connectivity index (χ4v) is 1.76. The maximum atomic E-state index is 11.5. The molecule has 1 aromatic carbocycles. The Bertz CT molecular complexity index is 498. The average molecular weight is 306 g/mol. The van der Waals surface area contributed by atoms with E-state index in [0.29, 0.717) is 18.1 Å². The summed E-state index contributed by atoms with van der Waals surface area (Å²) >= 11 is 5.10. The number of benzene rings is 1. The van der Waals surface area contributed by atoms with Crippen LogP contribution in [-0.4, -0.2) is 17.6 Å². The van der Waals surface area contributed by atoms with Gasteiger partial charge in [0.2, 0.25) is 5.91 Å². The first-order valence-corrected chi connectivity index (χ1v) is 7.40. The van der Waals surface area contributed by atoms with E-state index in [0.717, 1.165) is 29.9 Å². The van der Waals surface area contributed by atoms with Crippen molar-refractivity contribution in [2.75, 3.05) is 11.9 Å². The van der Waals surface area contributed by atoms with Crippen LogP contribution < -0.4 is 15.4 Å². The second-order valence-corrected chi connectivity index (χ2v) is 5.28. The predicted octanol–water partition coefficient (Wildman–Crippen LogP) is 3.64. The molecule has 0 saturated carbocycles. The van der Waals surface area contributed by atoms with Gasteiger partial charge in [0.15, 0.2) is 5.11 Å². The van der Waals surface area contributed by atoms with Gasteiger partial charge in [-0.05, 0) is 55.4 Å². The standard InChI is InChI=1S/C16H22N2O2S/c1-4-5-6-15(19)18-16(21)17-13-7-9-14(10-8-13)20-11-12(2)3/h7-10H,2,4-6,11H2,1,3H3,(H2,17,18,19,21). The summed E-state index contributed by atoms with van der Waals surface area (Å²) in [5.41, 5.74) is 1.77. The maximum absolute atomic E-state index is 11.5. The third-order valence-electron chi connectivity index (χ3n) is 2.61. The van der Waals surface area contributed by atoms with Gasteiger partial charge in [0.1, 0.15) is 12.4 Å². The van der Waals surface area contributed by atoms with Crippen molar-refractivity contribution >= 4 is 28.9 Å². The summed E-state index contributed by atoms with van der Waals surface area (Å²) in [5.74, 6) is 0.706. The Kier molecular flexibility index (Phi) is 7.46. The molecule has 0 aliphatic heterocycles. The Morgan fingerprint density at radius 1 is 1.33 bits per heavy atom. The molecule has 0 saturated heterocycles. The van der Waals surface area contributed by atoms with Gasteiger partial charge in [-0.1, -0.05) is 19.9 Å². The molecule has 0 bridgehead atoms. The van der Waals surface area contributed by atoms with Crippen LogP contribution in [0.3, 0.4) is 0 Å². The van der Waals surface area contributed by atoms with Crippen molar-refractivity contribution in [1.82, 2.24) is 5.32 Å². The third-order valence-corrected chi connectivity index (χ3v) is 2.81. The molecule has 0 aromatic heterocycles. The summed E-state index contributed by atoms with van der Waals surface area (Å²) < 4.78 is 5.51. The number of hydrogen-bond acceptors (Lipinski definition) is 3. The summed E-state index contributed by atoms with van der Waals surface area (Å²) in [6.45, 7) is 8.24. The lowest BCUT2D eigenvalue weighted by Gasteiger charge is -2.10. The normalized spacial score (nSPS) is 9.81. The van der Waals surface area contributed by atoms with Crippen molar-refractivity contribution < 1.29 is 9.53 Å². The van der Waals surface area contributed by atoms with Gasteiger partial charge >= 0.3 is 0 Å². The Balaban J connectivity index is 2.42. The fourth-order valence-electron chi connectivity index (χ4n) is 1.53. The van der Waals surface area contributed by atoms with Crippen LogP contribution >= 0.6 is 12.2 Å². The van der Waals surface area contributed by atoms with Gasteiger partial charge in [-0.3, -0.25) is 4.79 Å². The smallest absolute Gasteiger partial charge is 0.226 e. The molecular formula is C16H22N2O2S. The molecule has 1 amide bonds. The molecule has 1 aromatic rings. The van der Waals surface area contributed by atoms with Crippen LogP contribution in [0.25, 0.3) is 0 Å². The summed E-state index contributed by atoms with van der Waals surface area (Å²) in [7, 11) is 0. The third kappa shape index (κ3) is 7.46. The zero-order valence-electron chi connectivity index (χ0n) is 12.6. The quantitative estimate of drug-likeness (QED) is 0.596. The SMILES string of the molecule is C=C(C)COc1ccc(NC(=S)NC(=O)CCCC)cc1. The van der Waals surface area contributed by atoms with Crippen LogP contribution in [0.15, 0.2) is 36.4 Å². The van der Waals surface area contributed by atoms with Crippen molar-refractivity contribution in [1.29, 1.82) is 0 Å². The Hall–Kier alpha value is -1.88. The van der Waals surface area contributed by atoms with Crippen LogP contribution in [0.5, 0.6) is 5.75 Å². The summed E-state index contributed by atoms with van der Waals surface area (Å²) in [5, 5.41) is 5.94. The molecule has 0 atom stereocenters. The van der Waals surface area contributed by atoms with Crippen molar-refractivity contribution in [3.05, 3.63) is 36.4 Å². The molecule has 0 aliphatic carbocycles. The van der Waals surface area contributed by atoms with Gasteiger partial charge in [-0.2, -0.15) is 0 Å². The number of carbonyl (C=O) groups is 1.